The van der Waals surface area contributed by atoms with E-state index in [2.05, 4.69) is 150 Å². The number of pyridine rings is 1. The van der Waals surface area contributed by atoms with Gasteiger partial charge in [0.1, 0.15) is 0 Å². The largest absolute Gasteiger partial charge is 0.309 e. The van der Waals surface area contributed by atoms with Crippen LogP contribution in [-0.2, 0) is 0 Å². The summed E-state index contributed by atoms with van der Waals surface area (Å²) in [5, 5.41) is 14.6. The molecule has 3 nitrogen and oxygen atoms in total. The SMILES string of the molecule is N#Cc1cccc(-c2cc(-c3cccc(-c4ccccc4)n3)cc(-n3c4ccccc4c4ccc(-c5ccc6ccccc6c5)cc43)c2)c1. The maximum Gasteiger partial charge on any atom is 0.0991 e. The minimum atomic E-state index is 0.630. The topological polar surface area (TPSA) is 41.6 Å². The van der Waals surface area contributed by atoms with Gasteiger partial charge in [-0.05, 0) is 93.7 Å². The van der Waals surface area contributed by atoms with Crippen LogP contribution in [-0.4, -0.2) is 9.55 Å². The van der Waals surface area contributed by atoms with E-state index in [9.17, 15) is 5.26 Å². The molecule has 0 aliphatic heterocycles. The number of nitrogens with zero attached hydrogens (tertiary/aromatic N) is 3. The van der Waals surface area contributed by atoms with Crippen molar-refractivity contribution in [2.45, 2.75) is 0 Å². The van der Waals surface area contributed by atoms with Crippen molar-refractivity contribution < 1.29 is 0 Å². The molecule has 9 rings (SSSR count). The number of fused-ring (bicyclic) bond motifs is 4. The van der Waals surface area contributed by atoms with Crippen LogP contribution in [0.1, 0.15) is 5.56 Å². The molecule has 0 radical (unpaired) electrons. The van der Waals surface area contributed by atoms with Gasteiger partial charge in [0.25, 0.3) is 0 Å². The Morgan fingerprint density at radius 1 is 0.408 bits per heavy atom. The second kappa shape index (κ2) is 11.8. The molecule has 0 bridgehead atoms. The molecule has 0 aliphatic carbocycles. The molecule has 0 aliphatic rings. The maximum absolute atomic E-state index is 9.74. The van der Waals surface area contributed by atoms with Crippen LogP contribution in [0.4, 0.5) is 0 Å². The zero-order valence-corrected chi connectivity index (χ0v) is 26.6. The van der Waals surface area contributed by atoms with Crippen LogP contribution in [0.15, 0.2) is 176 Å². The van der Waals surface area contributed by atoms with E-state index in [0.717, 1.165) is 55.9 Å². The molecular formula is C46H29N3. The molecule has 7 aromatic carbocycles. The Kier molecular flexibility index (Phi) is 6.85. The molecule has 0 saturated heterocycles. The number of hydrogen-bond acceptors (Lipinski definition) is 2. The third-order valence-electron chi connectivity index (χ3n) is 9.37. The summed E-state index contributed by atoms with van der Waals surface area (Å²) in [5.74, 6) is 0. The van der Waals surface area contributed by atoms with Gasteiger partial charge in [0.2, 0.25) is 0 Å². The predicted octanol–water partition coefficient (Wildman–Crippen LogP) is 11.9. The summed E-state index contributed by atoms with van der Waals surface area (Å²) in [7, 11) is 0. The fourth-order valence-electron chi connectivity index (χ4n) is 6.99. The molecule has 9 aromatic rings. The highest BCUT2D eigenvalue weighted by atomic mass is 15.0. The monoisotopic (exact) mass is 623 g/mol. The summed E-state index contributed by atoms with van der Waals surface area (Å²) < 4.78 is 2.37. The number of nitriles is 1. The zero-order valence-electron chi connectivity index (χ0n) is 26.6. The lowest BCUT2D eigenvalue weighted by Crippen LogP contribution is -1.97. The molecule has 3 heteroatoms. The van der Waals surface area contributed by atoms with Gasteiger partial charge in [0, 0.05) is 27.6 Å². The van der Waals surface area contributed by atoms with Crippen molar-refractivity contribution in [3.8, 4) is 56.5 Å². The molecule has 0 amide bonds. The minimum Gasteiger partial charge on any atom is -0.309 e. The molecule has 0 fully saturated rings. The van der Waals surface area contributed by atoms with Gasteiger partial charge in [-0.15, -0.1) is 0 Å². The Bertz CT molecular complexity index is 2730. The number of benzene rings is 7. The highest BCUT2D eigenvalue weighted by Gasteiger charge is 2.16. The molecule has 0 N–H and O–H groups in total. The van der Waals surface area contributed by atoms with E-state index >= 15 is 0 Å². The van der Waals surface area contributed by atoms with Gasteiger partial charge in [0.15, 0.2) is 0 Å². The second-order valence-corrected chi connectivity index (χ2v) is 12.4. The maximum atomic E-state index is 9.74. The van der Waals surface area contributed by atoms with E-state index in [1.165, 1.54) is 27.1 Å². The predicted molar refractivity (Wildman–Crippen MR) is 203 cm³/mol. The summed E-state index contributed by atoms with van der Waals surface area (Å²) in [4.78, 5) is 5.15. The normalized spacial score (nSPS) is 11.2. The van der Waals surface area contributed by atoms with E-state index in [1.807, 2.05) is 36.4 Å². The van der Waals surface area contributed by atoms with E-state index in [-0.39, 0.29) is 0 Å². The zero-order chi connectivity index (χ0) is 32.7. The first-order chi connectivity index (χ1) is 24.2. The van der Waals surface area contributed by atoms with E-state index < -0.39 is 0 Å². The van der Waals surface area contributed by atoms with Gasteiger partial charge in [-0.1, -0.05) is 115 Å². The van der Waals surface area contributed by atoms with Crippen LogP contribution in [0.25, 0.3) is 83.0 Å². The summed E-state index contributed by atoms with van der Waals surface area (Å²) in [5.41, 5.74) is 12.2. The third-order valence-corrected chi connectivity index (χ3v) is 9.37. The van der Waals surface area contributed by atoms with Crippen LogP contribution < -0.4 is 0 Å². The summed E-state index contributed by atoms with van der Waals surface area (Å²) >= 11 is 0. The summed E-state index contributed by atoms with van der Waals surface area (Å²) in [6, 6.07) is 63.9. The number of aromatic nitrogens is 2. The number of rotatable bonds is 5. The smallest absolute Gasteiger partial charge is 0.0991 e. The van der Waals surface area contributed by atoms with Gasteiger partial charge in [-0.25, -0.2) is 4.98 Å². The molecule has 0 unspecified atom stereocenters. The number of hydrogen-bond donors (Lipinski definition) is 0. The molecule has 0 atom stereocenters. The fraction of sp³-hybridized carbons (Fsp3) is 0. The van der Waals surface area contributed by atoms with Crippen LogP contribution in [0.2, 0.25) is 0 Å². The van der Waals surface area contributed by atoms with Crippen molar-refractivity contribution >= 4 is 32.6 Å². The Labute approximate surface area is 284 Å². The first-order valence-corrected chi connectivity index (χ1v) is 16.4. The standard InChI is InChI=1S/C46H29N3/c47-30-31-10-8-15-34(24-31)38-26-39(44-18-9-17-43(48-44)33-12-2-1-3-13-33)28-40(27-38)49-45-19-7-6-16-41(45)42-23-22-37(29-46(42)49)36-21-20-32-11-4-5-14-35(32)25-36/h1-29H. The average molecular weight is 624 g/mol. The van der Waals surface area contributed by atoms with Crippen molar-refractivity contribution in [1.82, 2.24) is 9.55 Å². The highest BCUT2D eigenvalue weighted by Crippen LogP contribution is 2.38. The quantitative estimate of drug-likeness (QED) is 0.191. The van der Waals surface area contributed by atoms with Gasteiger partial charge in [-0.2, -0.15) is 5.26 Å². The van der Waals surface area contributed by atoms with Gasteiger partial charge in [-0.3, -0.25) is 0 Å². The first-order valence-electron chi connectivity index (χ1n) is 16.4. The summed E-state index contributed by atoms with van der Waals surface area (Å²) in [6.45, 7) is 0. The van der Waals surface area contributed by atoms with E-state index in [0.29, 0.717) is 5.56 Å². The molecule has 0 saturated carbocycles. The van der Waals surface area contributed by atoms with Gasteiger partial charge in [0.05, 0.1) is 34.1 Å². The van der Waals surface area contributed by atoms with Gasteiger partial charge < -0.3 is 4.57 Å². The Balaban J connectivity index is 1.29. The van der Waals surface area contributed by atoms with Gasteiger partial charge >= 0.3 is 0 Å². The highest BCUT2D eigenvalue weighted by molar-refractivity contribution is 6.10. The lowest BCUT2D eigenvalue weighted by Gasteiger charge is -2.15. The average Bonchev–Trinajstić information content (AvgIpc) is 3.51. The molecular weight excluding hydrogens is 595 g/mol. The second-order valence-electron chi connectivity index (χ2n) is 12.4. The van der Waals surface area contributed by atoms with Crippen molar-refractivity contribution in [2.24, 2.45) is 0 Å². The molecule has 2 aromatic heterocycles. The fourth-order valence-corrected chi connectivity index (χ4v) is 6.99. The van der Waals surface area contributed by atoms with Crippen LogP contribution in [0.3, 0.4) is 0 Å². The van der Waals surface area contributed by atoms with Crippen molar-refractivity contribution in [1.29, 1.82) is 5.26 Å². The molecule has 0 spiro atoms. The van der Waals surface area contributed by atoms with Crippen LogP contribution in [0.5, 0.6) is 0 Å². The van der Waals surface area contributed by atoms with Crippen molar-refractivity contribution in [3.63, 3.8) is 0 Å². The van der Waals surface area contributed by atoms with E-state index in [4.69, 9.17) is 4.98 Å². The van der Waals surface area contributed by atoms with Crippen LogP contribution >= 0.6 is 0 Å². The molecule has 228 valence electrons. The van der Waals surface area contributed by atoms with Crippen molar-refractivity contribution in [2.75, 3.05) is 0 Å². The van der Waals surface area contributed by atoms with Crippen molar-refractivity contribution in [3.05, 3.63) is 181 Å². The first kappa shape index (κ1) is 28.5. The lowest BCUT2D eigenvalue weighted by atomic mass is 9.98. The van der Waals surface area contributed by atoms with Crippen LogP contribution in [0, 0.1) is 11.3 Å². The summed E-state index contributed by atoms with van der Waals surface area (Å²) in [6.07, 6.45) is 0. The number of para-hydroxylation sites is 1. The Morgan fingerprint density at radius 2 is 1.06 bits per heavy atom. The minimum absolute atomic E-state index is 0.630. The molecule has 49 heavy (non-hydrogen) atoms. The Morgan fingerprint density at radius 3 is 1.94 bits per heavy atom. The Hall–Kier alpha value is -6.76. The van der Waals surface area contributed by atoms with E-state index in [1.54, 1.807) is 0 Å². The lowest BCUT2D eigenvalue weighted by molar-refractivity contribution is 1.18. The third kappa shape index (κ3) is 5.13. The molecule has 2 heterocycles.